The second-order valence-electron chi connectivity index (χ2n) is 5.82. The molecule has 0 aromatic carbocycles. The zero-order valence-electron chi connectivity index (χ0n) is 10.6. The Balaban J connectivity index is 1.98. The fourth-order valence-electron chi connectivity index (χ4n) is 2.85. The van der Waals surface area contributed by atoms with Gasteiger partial charge >= 0.3 is 0 Å². The number of carbonyl (C=O) groups is 1. The van der Waals surface area contributed by atoms with Gasteiger partial charge in [-0.2, -0.15) is 0 Å². The third kappa shape index (κ3) is 2.40. The zero-order chi connectivity index (χ0) is 11.6. The van der Waals surface area contributed by atoms with E-state index in [-0.39, 0.29) is 5.41 Å². The van der Waals surface area contributed by atoms with Gasteiger partial charge in [0.2, 0.25) is 5.91 Å². The van der Waals surface area contributed by atoms with Crippen LogP contribution in [-0.4, -0.2) is 37.0 Å². The van der Waals surface area contributed by atoms with E-state index in [0.717, 1.165) is 38.5 Å². The largest absolute Gasteiger partial charge is 0.342 e. The molecule has 2 fully saturated rings. The second-order valence-corrected chi connectivity index (χ2v) is 5.82. The first-order valence-electron chi connectivity index (χ1n) is 6.62. The lowest BCUT2D eigenvalue weighted by molar-refractivity contribution is -0.140. The van der Waals surface area contributed by atoms with Gasteiger partial charge in [-0.1, -0.05) is 6.92 Å². The van der Waals surface area contributed by atoms with Crippen LogP contribution in [0.15, 0.2) is 0 Å². The van der Waals surface area contributed by atoms with Crippen molar-refractivity contribution in [2.75, 3.05) is 26.2 Å². The molecule has 0 aromatic heterocycles. The minimum absolute atomic E-state index is 0.131. The van der Waals surface area contributed by atoms with Gasteiger partial charge in [-0.05, 0) is 45.1 Å². The lowest BCUT2D eigenvalue weighted by Gasteiger charge is -2.30. The van der Waals surface area contributed by atoms with Crippen LogP contribution < -0.4 is 5.32 Å². The fraction of sp³-hybridized carbons (Fsp3) is 0.923. The van der Waals surface area contributed by atoms with Gasteiger partial charge in [-0.15, -0.1) is 0 Å². The van der Waals surface area contributed by atoms with E-state index in [1.165, 1.54) is 19.3 Å². The first kappa shape index (κ1) is 11.9. The molecule has 2 saturated heterocycles. The molecule has 0 bridgehead atoms. The van der Waals surface area contributed by atoms with Gasteiger partial charge in [0, 0.05) is 19.6 Å². The lowest BCUT2D eigenvalue weighted by atomic mass is 9.88. The maximum atomic E-state index is 12.5. The molecule has 3 nitrogen and oxygen atoms in total. The summed E-state index contributed by atoms with van der Waals surface area (Å²) in [6.45, 7) is 8.20. The predicted octanol–water partition coefficient (Wildman–Crippen LogP) is 1.63. The summed E-state index contributed by atoms with van der Waals surface area (Å²) in [7, 11) is 0. The van der Waals surface area contributed by atoms with Gasteiger partial charge in [0.1, 0.15) is 0 Å². The number of likely N-dealkylation sites (tertiary alicyclic amines) is 1. The van der Waals surface area contributed by atoms with Crippen LogP contribution in [0.3, 0.4) is 0 Å². The van der Waals surface area contributed by atoms with Crippen molar-refractivity contribution in [3.63, 3.8) is 0 Å². The van der Waals surface area contributed by atoms with Gasteiger partial charge in [-0.25, -0.2) is 0 Å². The van der Waals surface area contributed by atoms with Crippen molar-refractivity contribution in [3.05, 3.63) is 0 Å². The summed E-state index contributed by atoms with van der Waals surface area (Å²) in [5.74, 6) is 1.17. The quantitative estimate of drug-likeness (QED) is 0.734. The highest BCUT2D eigenvalue weighted by Crippen LogP contribution is 2.29. The second kappa shape index (κ2) is 4.74. The van der Waals surface area contributed by atoms with E-state index in [1.807, 2.05) is 0 Å². The number of rotatable bonds is 1. The molecule has 2 rings (SSSR count). The van der Waals surface area contributed by atoms with Crippen LogP contribution in [0.5, 0.6) is 0 Å². The van der Waals surface area contributed by atoms with Gasteiger partial charge in [0.05, 0.1) is 5.41 Å². The SMILES string of the molecule is CC1CCCN(C(=O)C2(C)CCNC2)CC1. The Morgan fingerprint density at radius 1 is 1.38 bits per heavy atom. The molecule has 0 aliphatic carbocycles. The van der Waals surface area contributed by atoms with Gasteiger partial charge < -0.3 is 10.2 Å². The molecule has 2 unspecified atom stereocenters. The summed E-state index contributed by atoms with van der Waals surface area (Å²) in [6.07, 6.45) is 4.63. The normalized spacial score (nSPS) is 36.1. The Kier molecular flexibility index (Phi) is 3.53. The van der Waals surface area contributed by atoms with E-state index in [2.05, 4.69) is 24.1 Å². The topological polar surface area (TPSA) is 32.3 Å². The van der Waals surface area contributed by atoms with E-state index < -0.39 is 0 Å². The van der Waals surface area contributed by atoms with E-state index in [1.54, 1.807) is 0 Å². The minimum atomic E-state index is -0.131. The summed E-state index contributed by atoms with van der Waals surface area (Å²) in [5, 5.41) is 3.31. The van der Waals surface area contributed by atoms with Crippen molar-refractivity contribution in [1.82, 2.24) is 10.2 Å². The average molecular weight is 224 g/mol. The third-order valence-electron chi connectivity index (χ3n) is 4.19. The van der Waals surface area contributed by atoms with Crippen LogP contribution in [-0.2, 0) is 4.79 Å². The molecule has 92 valence electrons. The van der Waals surface area contributed by atoms with Crippen LogP contribution in [0.25, 0.3) is 0 Å². The van der Waals surface area contributed by atoms with Crippen LogP contribution in [0.4, 0.5) is 0 Å². The van der Waals surface area contributed by atoms with Crippen LogP contribution in [0.1, 0.15) is 39.5 Å². The molecule has 0 saturated carbocycles. The summed E-state index contributed by atoms with van der Waals surface area (Å²) in [5.41, 5.74) is -0.131. The molecule has 0 radical (unpaired) electrons. The number of nitrogens with zero attached hydrogens (tertiary/aromatic N) is 1. The molecular formula is C13H24N2O. The maximum absolute atomic E-state index is 12.5. The van der Waals surface area contributed by atoms with E-state index in [0.29, 0.717) is 5.91 Å². The van der Waals surface area contributed by atoms with Crippen LogP contribution in [0, 0.1) is 11.3 Å². The highest BCUT2D eigenvalue weighted by molar-refractivity contribution is 5.83. The highest BCUT2D eigenvalue weighted by atomic mass is 16.2. The monoisotopic (exact) mass is 224 g/mol. The average Bonchev–Trinajstić information content (AvgIpc) is 2.59. The maximum Gasteiger partial charge on any atom is 0.229 e. The Hall–Kier alpha value is -0.570. The summed E-state index contributed by atoms with van der Waals surface area (Å²) >= 11 is 0. The fourth-order valence-corrected chi connectivity index (χ4v) is 2.85. The predicted molar refractivity (Wildman–Crippen MR) is 65.2 cm³/mol. The molecule has 1 amide bonds. The molecule has 3 heteroatoms. The lowest BCUT2D eigenvalue weighted by Crippen LogP contribution is -2.44. The minimum Gasteiger partial charge on any atom is -0.342 e. The van der Waals surface area contributed by atoms with Gasteiger partial charge in [0.25, 0.3) is 0 Å². The number of hydrogen-bond acceptors (Lipinski definition) is 2. The van der Waals surface area contributed by atoms with Crippen molar-refractivity contribution in [2.45, 2.75) is 39.5 Å². The van der Waals surface area contributed by atoms with Crippen LogP contribution in [0.2, 0.25) is 0 Å². The van der Waals surface area contributed by atoms with Crippen molar-refractivity contribution in [3.8, 4) is 0 Å². The highest BCUT2D eigenvalue weighted by Gasteiger charge is 2.39. The number of carbonyl (C=O) groups excluding carboxylic acids is 1. The third-order valence-corrected chi connectivity index (χ3v) is 4.19. The van der Waals surface area contributed by atoms with Crippen LogP contribution >= 0.6 is 0 Å². The summed E-state index contributed by atoms with van der Waals surface area (Å²) in [6, 6.07) is 0. The zero-order valence-corrected chi connectivity index (χ0v) is 10.6. The Labute approximate surface area is 98.6 Å². The van der Waals surface area contributed by atoms with Crippen molar-refractivity contribution in [1.29, 1.82) is 0 Å². The first-order valence-corrected chi connectivity index (χ1v) is 6.62. The van der Waals surface area contributed by atoms with Crippen molar-refractivity contribution in [2.24, 2.45) is 11.3 Å². The molecule has 2 aliphatic heterocycles. The van der Waals surface area contributed by atoms with Crippen molar-refractivity contribution < 1.29 is 4.79 Å². The molecule has 2 atom stereocenters. The number of nitrogens with one attached hydrogen (secondary N) is 1. The standard InChI is InChI=1S/C13H24N2O/c1-11-4-3-8-15(9-5-11)12(16)13(2)6-7-14-10-13/h11,14H,3-10H2,1-2H3. The molecule has 1 N–H and O–H groups in total. The smallest absolute Gasteiger partial charge is 0.229 e. The Bertz CT molecular complexity index is 259. The molecular weight excluding hydrogens is 200 g/mol. The first-order chi connectivity index (χ1) is 7.62. The Morgan fingerprint density at radius 3 is 2.88 bits per heavy atom. The van der Waals surface area contributed by atoms with Gasteiger partial charge in [0.15, 0.2) is 0 Å². The molecule has 2 aliphatic rings. The molecule has 0 aromatic rings. The van der Waals surface area contributed by atoms with Crippen molar-refractivity contribution >= 4 is 5.91 Å². The van der Waals surface area contributed by atoms with E-state index in [9.17, 15) is 4.79 Å². The van der Waals surface area contributed by atoms with Gasteiger partial charge in [-0.3, -0.25) is 4.79 Å². The Morgan fingerprint density at radius 2 is 2.19 bits per heavy atom. The molecule has 2 heterocycles. The summed E-state index contributed by atoms with van der Waals surface area (Å²) < 4.78 is 0. The summed E-state index contributed by atoms with van der Waals surface area (Å²) in [4.78, 5) is 14.6. The number of hydrogen-bond donors (Lipinski definition) is 1. The molecule has 0 spiro atoms. The number of amides is 1. The van der Waals surface area contributed by atoms with E-state index in [4.69, 9.17) is 0 Å². The molecule has 16 heavy (non-hydrogen) atoms. The van der Waals surface area contributed by atoms with E-state index >= 15 is 0 Å².